The summed E-state index contributed by atoms with van der Waals surface area (Å²) in [5.74, 6) is -0.332. The number of carbonyl (C=O) groups excluding carboxylic acids is 1. The van der Waals surface area contributed by atoms with Crippen molar-refractivity contribution in [1.29, 1.82) is 0 Å². The molecule has 4 nitrogen and oxygen atoms in total. The molecule has 2 N–H and O–H groups in total. The lowest BCUT2D eigenvalue weighted by Crippen LogP contribution is -2.41. The Morgan fingerprint density at radius 2 is 2.18 bits per heavy atom. The van der Waals surface area contributed by atoms with Gasteiger partial charge in [0.1, 0.15) is 6.04 Å². The summed E-state index contributed by atoms with van der Waals surface area (Å²) in [6.45, 7) is 2.68. The van der Waals surface area contributed by atoms with E-state index in [2.05, 4.69) is 0 Å². The molecule has 0 aromatic heterocycles. The normalized spacial score (nSPS) is 13.2. The fraction of sp³-hybridized carbons (Fsp3) is 0.857. The fourth-order valence-electron chi connectivity index (χ4n) is 0.717. The third-order valence-corrected chi connectivity index (χ3v) is 1.15. The number of likely N-dealkylation sites (N-methyl/N-ethyl adjacent to an activating group) is 1. The van der Waals surface area contributed by atoms with Gasteiger partial charge in [-0.05, 0) is 21.0 Å². The van der Waals surface area contributed by atoms with Crippen LogP contribution < -0.4 is 5.73 Å². The Hall–Kier alpha value is -0.610. The van der Waals surface area contributed by atoms with Crippen molar-refractivity contribution in [3.8, 4) is 0 Å². The molecule has 0 amide bonds. The van der Waals surface area contributed by atoms with Crippen LogP contribution in [0.15, 0.2) is 0 Å². The highest BCUT2D eigenvalue weighted by Crippen LogP contribution is 1.87. The number of nitrogens with two attached hydrogens (primary N) is 1. The van der Waals surface area contributed by atoms with Gasteiger partial charge in [-0.3, -0.25) is 4.79 Å². The van der Waals surface area contributed by atoms with Crippen molar-refractivity contribution in [1.82, 2.24) is 4.90 Å². The number of esters is 1. The molecular formula is C7H16N2O2. The zero-order chi connectivity index (χ0) is 8.85. The number of rotatable bonds is 4. The number of hydrogen-bond donors (Lipinski definition) is 1. The largest absolute Gasteiger partial charge is 0.465 e. The van der Waals surface area contributed by atoms with E-state index in [1.54, 1.807) is 6.92 Å². The molecule has 11 heavy (non-hydrogen) atoms. The van der Waals surface area contributed by atoms with Gasteiger partial charge in [-0.15, -0.1) is 0 Å². The molecule has 0 saturated carbocycles. The highest BCUT2D eigenvalue weighted by molar-refractivity contribution is 5.75. The van der Waals surface area contributed by atoms with Crippen LogP contribution >= 0.6 is 0 Å². The van der Waals surface area contributed by atoms with Crippen molar-refractivity contribution in [3.05, 3.63) is 0 Å². The summed E-state index contributed by atoms with van der Waals surface area (Å²) in [4.78, 5) is 12.8. The molecule has 0 bridgehead atoms. The Bertz CT molecular complexity index is 126. The van der Waals surface area contributed by atoms with Crippen LogP contribution in [-0.4, -0.2) is 44.2 Å². The average molecular weight is 160 g/mol. The minimum Gasteiger partial charge on any atom is -0.465 e. The first kappa shape index (κ1) is 10.4. The molecule has 0 unspecified atom stereocenters. The van der Waals surface area contributed by atoms with Gasteiger partial charge in [0.15, 0.2) is 0 Å². The lowest BCUT2D eigenvalue weighted by Gasteiger charge is -2.14. The van der Waals surface area contributed by atoms with E-state index in [0.717, 1.165) is 0 Å². The van der Waals surface area contributed by atoms with E-state index in [-0.39, 0.29) is 5.97 Å². The van der Waals surface area contributed by atoms with Crippen LogP contribution in [0.5, 0.6) is 0 Å². The number of hydrogen-bond acceptors (Lipinski definition) is 4. The molecule has 0 fully saturated rings. The Labute approximate surface area is 67.3 Å². The summed E-state index contributed by atoms with van der Waals surface area (Å²) in [6, 6.07) is -0.523. The molecule has 1 atom stereocenters. The van der Waals surface area contributed by atoms with E-state index < -0.39 is 6.04 Å². The van der Waals surface area contributed by atoms with E-state index in [1.807, 2.05) is 19.0 Å². The summed E-state index contributed by atoms with van der Waals surface area (Å²) < 4.78 is 4.71. The quantitative estimate of drug-likeness (QED) is 0.560. The predicted molar refractivity (Wildman–Crippen MR) is 43.2 cm³/mol. The predicted octanol–water partition coefficient (Wildman–Crippen LogP) is -0.562. The molecule has 0 radical (unpaired) electrons. The standard InChI is InChI=1S/C7H16N2O2/c1-4-11-7(10)6(8)5-9(2)3/h6H,4-5,8H2,1-3H3/t6-/m1/s1. The second-order valence-corrected chi connectivity index (χ2v) is 2.62. The molecule has 0 spiro atoms. The van der Waals surface area contributed by atoms with Crippen LogP contribution in [0.4, 0.5) is 0 Å². The van der Waals surface area contributed by atoms with Gasteiger partial charge in [-0.1, -0.05) is 0 Å². The molecule has 66 valence electrons. The Kier molecular flexibility index (Phi) is 4.81. The summed E-state index contributed by atoms with van der Waals surface area (Å²) in [6.07, 6.45) is 0. The van der Waals surface area contributed by atoms with E-state index >= 15 is 0 Å². The summed E-state index contributed by atoms with van der Waals surface area (Å²) in [5.41, 5.74) is 5.49. The molecule has 0 aromatic rings. The molecule has 0 aliphatic carbocycles. The van der Waals surface area contributed by atoms with Gasteiger partial charge in [0.2, 0.25) is 0 Å². The molecule has 0 aliphatic rings. The van der Waals surface area contributed by atoms with Crippen LogP contribution in [0, 0.1) is 0 Å². The molecule has 0 aromatic carbocycles. The molecule has 0 aliphatic heterocycles. The maximum atomic E-state index is 10.9. The summed E-state index contributed by atoms with van der Waals surface area (Å²) in [7, 11) is 3.72. The fourth-order valence-corrected chi connectivity index (χ4v) is 0.717. The first-order chi connectivity index (χ1) is 5.07. The summed E-state index contributed by atoms with van der Waals surface area (Å²) in [5, 5.41) is 0. The van der Waals surface area contributed by atoms with Crippen molar-refractivity contribution in [3.63, 3.8) is 0 Å². The molecule has 0 saturated heterocycles. The van der Waals surface area contributed by atoms with E-state index in [1.165, 1.54) is 0 Å². The first-order valence-electron chi connectivity index (χ1n) is 3.64. The Balaban J connectivity index is 3.64. The van der Waals surface area contributed by atoms with Gasteiger partial charge in [-0.2, -0.15) is 0 Å². The topological polar surface area (TPSA) is 55.6 Å². The molecule has 4 heteroatoms. The molecule has 0 heterocycles. The highest BCUT2D eigenvalue weighted by atomic mass is 16.5. The van der Waals surface area contributed by atoms with Crippen LogP contribution in [0.1, 0.15) is 6.92 Å². The van der Waals surface area contributed by atoms with Crippen molar-refractivity contribution in [2.45, 2.75) is 13.0 Å². The van der Waals surface area contributed by atoms with Crippen molar-refractivity contribution >= 4 is 5.97 Å². The Morgan fingerprint density at radius 3 is 2.55 bits per heavy atom. The zero-order valence-electron chi connectivity index (χ0n) is 7.33. The van der Waals surface area contributed by atoms with Crippen molar-refractivity contribution < 1.29 is 9.53 Å². The van der Waals surface area contributed by atoms with Gasteiger partial charge in [-0.25, -0.2) is 0 Å². The van der Waals surface area contributed by atoms with Crippen LogP contribution in [-0.2, 0) is 9.53 Å². The number of nitrogens with zero attached hydrogens (tertiary/aromatic N) is 1. The highest BCUT2D eigenvalue weighted by Gasteiger charge is 2.14. The maximum absolute atomic E-state index is 10.9. The summed E-state index contributed by atoms with van der Waals surface area (Å²) >= 11 is 0. The smallest absolute Gasteiger partial charge is 0.324 e. The maximum Gasteiger partial charge on any atom is 0.324 e. The Morgan fingerprint density at radius 1 is 1.64 bits per heavy atom. The molecule has 0 rings (SSSR count). The van der Waals surface area contributed by atoms with Gasteiger partial charge in [0.05, 0.1) is 6.61 Å². The first-order valence-corrected chi connectivity index (χ1v) is 3.64. The van der Waals surface area contributed by atoms with E-state index in [9.17, 15) is 4.79 Å². The molecular weight excluding hydrogens is 144 g/mol. The van der Waals surface area contributed by atoms with E-state index in [4.69, 9.17) is 10.5 Å². The second-order valence-electron chi connectivity index (χ2n) is 2.62. The van der Waals surface area contributed by atoms with Crippen LogP contribution in [0.25, 0.3) is 0 Å². The lowest BCUT2D eigenvalue weighted by atomic mass is 10.3. The van der Waals surface area contributed by atoms with E-state index in [0.29, 0.717) is 13.2 Å². The second kappa shape index (κ2) is 5.09. The number of ether oxygens (including phenoxy) is 1. The third kappa shape index (κ3) is 4.75. The zero-order valence-corrected chi connectivity index (χ0v) is 7.33. The van der Waals surface area contributed by atoms with Crippen molar-refractivity contribution in [2.24, 2.45) is 5.73 Å². The average Bonchev–Trinajstić information content (AvgIpc) is 1.86. The SMILES string of the molecule is CCOC(=O)[C@H](N)CN(C)C. The monoisotopic (exact) mass is 160 g/mol. The van der Waals surface area contributed by atoms with Crippen LogP contribution in [0.2, 0.25) is 0 Å². The van der Waals surface area contributed by atoms with Gasteiger partial charge >= 0.3 is 5.97 Å². The van der Waals surface area contributed by atoms with Crippen LogP contribution in [0.3, 0.4) is 0 Å². The van der Waals surface area contributed by atoms with Gasteiger partial charge in [0.25, 0.3) is 0 Å². The van der Waals surface area contributed by atoms with Gasteiger partial charge in [0, 0.05) is 6.54 Å². The minimum absolute atomic E-state index is 0.332. The number of carbonyl (C=O) groups is 1. The van der Waals surface area contributed by atoms with Gasteiger partial charge < -0.3 is 15.4 Å². The third-order valence-electron chi connectivity index (χ3n) is 1.15. The minimum atomic E-state index is -0.523. The van der Waals surface area contributed by atoms with Crippen molar-refractivity contribution in [2.75, 3.05) is 27.2 Å². The lowest BCUT2D eigenvalue weighted by molar-refractivity contribution is -0.145.